The molecule has 7 nitrogen and oxygen atoms in total. The van der Waals surface area contributed by atoms with Crippen molar-refractivity contribution >= 4 is 10.0 Å². The Morgan fingerprint density at radius 1 is 1.52 bits per heavy atom. The molecule has 8 heteroatoms. The van der Waals surface area contributed by atoms with Crippen LogP contribution in [0, 0.1) is 6.92 Å². The Morgan fingerprint density at radius 2 is 2.29 bits per heavy atom. The molecule has 0 spiro atoms. The summed E-state index contributed by atoms with van der Waals surface area (Å²) in [7, 11) is -3.61. The zero-order valence-electron chi connectivity index (χ0n) is 12.8. The molecular formula is C13H24N4O3S. The van der Waals surface area contributed by atoms with Gasteiger partial charge in [0.15, 0.2) is 0 Å². The minimum absolute atomic E-state index is 0.0517. The Hall–Kier alpha value is -0.960. The molecule has 1 aromatic rings. The summed E-state index contributed by atoms with van der Waals surface area (Å²) in [6.45, 7) is 7.40. The number of hydrogen-bond acceptors (Lipinski definition) is 5. The summed E-state index contributed by atoms with van der Waals surface area (Å²) >= 11 is 0. The molecule has 0 aromatic carbocycles. The average Bonchev–Trinajstić information content (AvgIpc) is 3.05. The third-order valence-corrected chi connectivity index (χ3v) is 5.40. The van der Waals surface area contributed by atoms with Crippen molar-refractivity contribution in [3.63, 3.8) is 0 Å². The molecule has 2 rings (SSSR count). The maximum atomic E-state index is 12.6. The second-order valence-corrected chi connectivity index (χ2v) is 7.02. The van der Waals surface area contributed by atoms with Crippen molar-refractivity contribution in [1.29, 1.82) is 0 Å². The maximum absolute atomic E-state index is 12.6. The second-order valence-electron chi connectivity index (χ2n) is 5.37. The average molecular weight is 316 g/mol. The molecule has 0 radical (unpaired) electrons. The number of nitrogens with zero attached hydrogens (tertiary/aromatic N) is 1. The van der Waals surface area contributed by atoms with Gasteiger partial charge in [-0.2, -0.15) is 5.10 Å². The van der Waals surface area contributed by atoms with Crippen molar-refractivity contribution in [2.75, 3.05) is 13.2 Å². The highest BCUT2D eigenvalue weighted by molar-refractivity contribution is 7.89. The number of aromatic nitrogens is 2. The van der Waals surface area contributed by atoms with Crippen LogP contribution in [0.4, 0.5) is 0 Å². The molecule has 3 N–H and O–H groups in total. The van der Waals surface area contributed by atoms with Gasteiger partial charge in [0, 0.05) is 19.2 Å². The van der Waals surface area contributed by atoms with Gasteiger partial charge in [-0.1, -0.05) is 6.92 Å². The predicted molar refractivity (Wildman–Crippen MR) is 79.5 cm³/mol. The molecule has 1 saturated heterocycles. The number of hydrogen-bond donors (Lipinski definition) is 3. The van der Waals surface area contributed by atoms with Crippen molar-refractivity contribution in [2.45, 2.75) is 57.2 Å². The van der Waals surface area contributed by atoms with E-state index in [9.17, 15) is 8.42 Å². The SMILES string of the molecule is CCNCc1n[nH]c(C)c1S(=O)(=O)NC(C)C1CCCO1. The summed E-state index contributed by atoms with van der Waals surface area (Å²) < 4.78 is 33.5. The zero-order chi connectivity index (χ0) is 15.5. The number of aromatic amines is 1. The molecule has 1 aromatic heterocycles. The molecule has 2 atom stereocenters. The third-order valence-electron chi connectivity index (χ3n) is 3.64. The number of nitrogens with one attached hydrogen (secondary N) is 3. The lowest BCUT2D eigenvalue weighted by Gasteiger charge is -2.20. The van der Waals surface area contributed by atoms with Gasteiger partial charge in [0.25, 0.3) is 0 Å². The number of H-pyrrole nitrogens is 1. The number of rotatable bonds is 7. The van der Waals surface area contributed by atoms with Crippen LogP contribution in [0.1, 0.15) is 38.1 Å². The summed E-state index contributed by atoms with van der Waals surface area (Å²) in [5, 5.41) is 9.94. The van der Waals surface area contributed by atoms with Crippen LogP contribution >= 0.6 is 0 Å². The van der Waals surface area contributed by atoms with Crippen molar-refractivity contribution in [3.8, 4) is 0 Å². The van der Waals surface area contributed by atoms with Crippen LogP contribution < -0.4 is 10.0 Å². The van der Waals surface area contributed by atoms with Crippen LogP contribution in [0.3, 0.4) is 0 Å². The van der Waals surface area contributed by atoms with E-state index in [-0.39, 0.29) is 17.0 Å². The van der Waals surface area contributed by atoms with Crippen LogP contribution in [0.2, 0.25) is 0 Å². The molecule has 2 heterocycles. The summed E-state index contributed by atoms with van der Waals surface area (Å²) in [6, 6.07) is -0.251. The highest BCUT2D eigenvalue weighted by atomic mass is 32.2. The first-order valence-electron chi connectivity index (χ1n) is 7.34. The van der Waals surface area contributed by atoms with E-state index in [4.69, 9.17) is 4.74 Å². The first-order chi connectivity index (χ1) is 9.95. The first kappa shape index (κ1) is 16.4. The van der Waals surface area contributed by atoms with Gasteiger partial charge >= 0.3 is 0 Å². The number of aryl methyl sites for hydroxylation is 1. The Balaban J connectivity index is 2.16. The molecule has 2 unspecified atom stereocenters. The summed E-state index contributed by atoms with van der Waals surface area (Å²) in [4.78, 5) is 0.244. The summed E-state index contributed by atoms with van der Waals surface area (Å²) in [5.74, 6) is 0. The van der Waals surface area contributed by atoms with Gasteiger partial charge in [0.1, 0.15) is 4.90 Å². The highest BCUT2D eigenvalue weighted by Gasteiger charge is 2.30. The monoisotopic (exact) mass is 316 g/mol. The molecule has 0 amide bonds. The molecule has 1 aliphatic rings. The van der Waals surface area contributed by atoms with E-state index in [0.717, 1.165) is 19.4 Å². The van der Waals surface area contributed by atoms with E-state index in [1.807, 2.05) is 13.8 Å². The first-order valence-corrected chi connectivity index (χ1v) is 8.82. The van der Waals surface area contributed by atoms with Gasteiger partial charge in [-0.25, -0.2) is 13.1 Å². The van der Waals surface area contributed by atoms with Gasteiger partial charge in [0.2, 0.25) is 10.0 Å². The Labute approximate surface area is 125 Å². The van der Waals surface area contributed by atoms with E-state index >= 15 is 0 Å². The van der Waals surface area contributed by atoms with Crippen molar-refractivity contribution in [1.82, 2.24) is 20.2 Å². The van der Waals surface area contributed by atoms with Crippen molar-refractivity contribution in [3.05, 3.63) is 11.4 Å². The van der Waals surface area contributed by atoms with E-state index in [1.54, 1.807) is 6.92 Å². The Morgan fingerprint density at radius 3 is 2.90 bits per heavy atom. The van der Waals surface area contributed by atoms with E-state index < -0.39 is 10.0 Å². The maximum Gasteiger partial charge on any atom is 0.244 e. The molecule has 120 valence electrons. The molecule has 21 heavy (non-hydrogen) atoms. The lowest BCUT2D eigenvalue weighted by molar-refractivity contribution is 0.0902. The van der Waals surface area contributed by atoms with Crippen LogP contribution in [0.5, 0.6) is 0 Å². The normalized spacial score (nSPS) is 20.8. The van der Waals surface area contributed by atoms with Gasteiger partial charge in [0.05, 0.1) is 17.5 Å². The summed E-state index contributed by atoms with van der Waals surface area (Å²) in [6.07, 6.45) is 1.81. The van der Waals surface area contributed by atoms with Gasteiger partial charge in [-0.15, -0.1) is 0 Å². The predicted octanol–water partition coefficient (Wildman–Crippen LogP) is 0.673. The molecule has 0 aliphatic carbocycles. The van der Waals surface area contributed by atoms with Gasteiger partial charge in [-0.05, 0) is 33.2 Å². The second kappa shape index (κ2) is 6.87. The minimum Gasteiger partial charge on any atom is -0.377 e. The topological polar surface area (TPSA) is 96.1 Å². The number of ether oxygens (including phenoxy) is 1. The van der Waals surface area contributed by atoms with Crippen LogP contribution in [0.15, 0.2) is 4.90 Å². The third kappa shape index (κ3) is 3.82. The fourth-order valence-corrected chi connectivity index (χ4v) is 4.20. The lowest BCUT2D eigenvalue weighted by Crippen LogP contribution is -2.41. The lowest BCUT2D eigenvalue weighted by atomic mass is 10.1. The van der Waals surface area contributed by atoms with Crippen LogP contribution in [-0.4, -0.2) is 43.9 Å². The quantitative estimate of drug-likeness (QED) is 0.687. The molecule has 0 saturated carbocycles. The fraction of sp³-hybridized carbons (Fsp3) is 0.769. The number of sulfonamides is 1. The van der Waals surface area contributed by atoms with Gasteiger partial charge < -0.3 is 10.1 Å². The molecule has 1 aliphatic heterocycles. The summed E-state index contributed by atoms with van der Waals surface area (Å²) in [5.41, 5.74) is 1.07. The zero-order valence-corrected chi connectivity index (χ0v) is 13.6. The van der Waals surface area contributed by atoms with Crippen molar-refractivity contribution < 1.29 is 13.2 Å². The highest BCUT2D eigenvalue weighted by Crippen LogP contribution is 2.21. The van der Waals surface area contributed by atoms with E-state index in [0.29, 0.717) is 24.5 Å². The Bertz CT molecular complexity index is 564. The van der Waals surface area contributed by atoms with Crippen LogP contribution in [0.25, 0.3) is 0 Å². The largest absolute Gasteiger partial charge is 0.377 e. The van der Waals surface area contributed by atoms with E-state index in [2.05, 4.69) is 20.2 Å². The van der Waals surface area contributed by atoms with Crippen LogP contribution in [-0.2, 0) is 21.3 Å². The Kier molecular flexibility index (Phi) is 5.37. The smallest absolute Gasteiger partial charge is 0.244 e. The standard InChI is InChI=1S/C13H24N4O3S/c1-4-14-8-11-13(10(3)15-16-11)21(18,19)17-9(2)12-6-5-7-20-12/h9,12,14,17H,4-8H2,1-3H3,(H,15,16). The van der Waals surface area contributed by atoms with Gasteiger partial charge in [-0.3, -0.25) is 5.10 Å². The fourth-order valence-electron chi connectivity index (χ4n) is 2.57. The molecule has 1 fully saturated rings. The van der Waals surface area contributed by atoms with E-state index in [1.165, 1.54) is 0 Å². The minimum atomic E-state index is -3.61. The molecule has 0 bridgehead atoms. The van der Waals surface area contributed by atoms with Crippen molar-refractivity contribution in [2.24, 2.45) is 0 Å². The molecular weight excluding hydrogens is 292 g/mol.